The Kier molecular flexibility index (Phi) is 6.54. The molecule has 0 aromatic heterocycles. The predicted octanol–water partition coefficient (Wildman–Crippen LogP) is 3.00. The average molecular weight is 350 g/mol. The van der Waals surface area contributed by atoms with Crippen LogP contribution in [0.3, 0.4) is 0 Å². The summed E-state index contributed by atoms with van der Waals surface area (Å²) in [6.45, 7) is 6.92. The highest BCUT2D eigenvalue weighted by molar-refractivity contribution is 7.99. The molecule has 6 heteroatoms. The molecule has 2 rings (SSSR count). The first-order valence-electron chi connectivity index (χ1n) is 8.48. The van der Waals surface area contributed by atoms with Crippen molar-refractivity contribution in [2.24, 2.45) is 0 Å². The molecule has 0 spiro atoms. The van der Waals surface area contributed by atoms with E-state index in [1.165, 1.54) is 18.7 Å². The van der Waals surface area contributed by atoms with E-state index in [0.717, 1.165) is 19.4 Å². The summed E-state index contributed by atoms with van der Waals surface area (Å²) in [6.07, 6.45) is 1.99. The number of aromatic hydroxyl groups is 1. The minimum absolute atomic E-state index is 0.00608. The molecule has 1 saturated heterocycles. The second kappa shape index (κ2) is 8.42. The summed E-state index contributed by atoms with van der Waals surface area (Å²) in [5.74, 6) is 0.581. The fraction of sp³-hybridized carbons (Fsp3) is 0.556. The number of carbonyl (C=O) groups is 2. The molecule has 24 heavy (non-hydrogen) atoms. The number of likely N-dealkylation sites (N-methyl/N-ethyl adjacent to an activating group) is 1. The van der Waals surface area contributed by atoms with Crippen molar-refractivity contribution in [3.8, 4) is 5.75 Å². The quantitative estimate of drug-likeness (QED) is 0.857. The molecule has 1 aliphatic rings. The van der Waals surface area contributed by atoms with E-state index in [-0.39, 0.29) is 22.9 Å². The van der Waals surface area contributed by atoms with E-state index in [1.807, 2.05) is 24.0 Å². The number of unbranched alkanes of at least 4 members (excludes halogenated alkanes) is 1. The van der Waals surface area contributed by atoms with Crippen LogP contribution in [0.5, 0.6) is 5.75 Å². The Labute approximate surface area is 148 Å². The number of hydrogen-bond donors (Lipinski definition) is 1. The highest BCUT2D eigenvalue weighted by Crippen LogP contribution is 2.44. The summed E-state index contributed by atoms with van der Waals surface area (Å²) in [5.41, 5.74) is 0.685. The molecule has 1 aliphatic heterocycles. The Morgan fingerprint density at radius 3 is 2.62 bits per heavy atom. The zero-order chi connectivity index (χ0) is 17.7. The third-order valence-corrected chi connectivity index (χ3v) is 5.63. The van der Waals surface area contributed by atoms with Crippen molar-refractivity contribution in [2.75, 3.05) is 18.8 Å². The molecule has 1 fully saturated rings. The molecule has 1 aromatic carbocycles. The number of benzene rings is 1. The second-order valence-electron chi connectivity index (χ2n) is 5.96. The van der Waals surface area contributed by atoms with Crippen LogP contribution in [0, 0.1) is 0 Å². The number of amides is 2. The highest BCUT2D eigenvalue weighted by Gasteiger charge is 2.42. The smallest absolute Gasteiger partial charge is 0.246 e. The van der Waals surface area contributed by atoms with Crippen molar-refractivity contribution in [1.29, 1.82) is 0 Å². The van der Waals surface area contributed by atoms with E-state index in [2.05, 4.69) is 6.92 Å². The van der Waals surface area contributed by atoms with Crippen LogP contribution >= 0.6 is 11.8 Å². The Bertz CT molecular complexity index is 593. The second-order valence-corrected chi connectivity index (χ2v) is 7.07. The summed E-state index contributed by atoms with van der Waals surface area (Å²) < 4.78 is 0. The molecule has 1 N–H and O–H groups in total. The summed E-state index contributed by atoms with van der Waals surface area (Å²) in [4.78, 5) is 28.6. The molecule has 1 aromatic rings. The molecular weight excluding hydrogens is 324 g/mol. The number of nitrogens with zero attached hydrogens (tertiary/aromatic N) is 2. The number of hydrogen-bond acceptors (Lipinski definition) is 4. The number of phenolic OH excluding ortho intramolecular Hbond substituents is 1. The van der Waals surface area contributed by atoms with Gasteiger partial charge in [0.05, 0.1) is 0 Å². The van der Waals surface area contributed by atoms with Gasteiger partial charge >= 0.3 is 0 Å². The zero-order valence-corrected chi connectivity index (χ0v) is 15.4. The van der Waals surface area contributed by atoms with Crippen LogP contribution in [0.4, 0.5) is 0 Å². The van der Waals surface area contributed by atoms with Gasteiger partial charge in [-0.2, -0.15) is 0 Å². The Balaban J connectivity index is 2.24. The van der Waals surface area contributed by atoms with Gasteiger partial charge in [0.1, 0.15) is 17.2 Å². The molecule has 2 amide bonds. The van der Waals surface area contributed by atoms with Crippen molar-refractivity contribution in [1.82, 2.24) is 9.80 Å². The maximum atomic E-state index is 12.9. The summed E-state index contributed by atoms with van der Waals surface area (Å²) in [6, 6.07) is 6.55. The fourth-order valence-corrected chi connectivity index (χ4v) is 4.50. The van der Waals surface area contributed by atoms with Crippen LogP contribution in [-0.4, -0.2) is 51.6 Å². The largest absolute Gasteiger partial charge is 0.508 e. The molecule has 0 bridgehead atoms. The zero-order valence-electron chi connectivity index (χ0n) is 14.6. The minimum Gasteiger partial charge on any atom is -0.508 e. The Hall–Kier alpha value is -1.69. The standard InChI is InChI=1S/C18H26N2O3S/c1-4-6-11-19(5-2)17(23)15-12-24-18(20(15)13(3)21)14-9-7-8-10-16(14)22/h7-10,15,18,22H,4-6,11-12H2,1-3H3. The van der Waals surface area contributed by atoms with E-state index in [0.29, 0.717) is 17.9 Å². The van der Waals surface area contributed by atoms with Crippen molar-refractivity contribution in [3.05, 3.63) is 29.8 Å². The predicted molar refractivity (Wildman–Crippen MR) is 96.8 cm³/mol. The van der Waals surface area contributed by atoms with E-state index in [4.69, 9.17) is 0 Å². The molecule has 132 valence electrons. The van der Waals surface area contributed by atoms with Crippen molar-refractivity contribution < 1.29 is 14.7 Å². The number of carbonyl (C=O) groups excluding carboxylic acids is 2. The van der Waals surface area contributed by atoms with Crippen LogP contribution in [0.25, 0.3) is 0 Å². The summed E-state index contributed by atoms with van der Waals surface area (Å²) in [7, 11) is 0. The number of para-hydroxylation sites is 1. The van der Waals surface area contributed by atoms with E-state index >= 15 is 0 Å². The third kappa shape index (κ3) is 3.86. The van der Waals surface area contributed by atoms with Gasteiger partial charge in [0, 0.05) is 31.3 Å². The lowest BCUT2D eigenvalue weighted by molar-refractivity contribution is -0.143. The normalized spacial score (nSPS) is 20.2. The summed E-state index contributed by atoms with van der Waals surface area (Å²) >= 11 is 1.53. The Morgan fingerprint density at radius 1 is 1.33 bits per heavy atom. The Morgan fingerprint density at radius 2 is 2.04 bits per heavy atom. The maximum Gasteiger partial charge on any atom is 0.246 e. The van der Waals surface area contributed by atoms with Gasteiger partial charge in [-0.05, 0) is 19.4 Å². The van der Waals surface area contributed by atoms with Crippen molar-refractivity contribution >= 4 is 23.6 Å². The monoisotopic (exact) mass is 350 g/mol. The molecular formula is C18H26N2O3S. The number of phenols is 1. The third-order valence-electron chi connectivity index (χ3n) is 4.33. The van der Waals surface area contributed by atoms with Crippen LogP contribution < -0.4 is 0 Å². The molecule has 2 atom stereocenters. The van der Waals surface area contributed by atoms with Crippen molar-refractivity contribution in [2.45, 2.75) is 45.0 Å². The fourth-order valence-electron chi connectivity index (χ4n) is 3.00. The topological polar surface area (TPSA) is 60.9 Å². The number of rotatable bonds is 6. The molecule has 2 unspecified atom stereocenters. The molecule has 0 radical (unpaired) electrons. The van der Waals surface area contributed by atoms with Crippen LogP contribution in [0.15, 0.2) is 24.3 Å². The lowest BCUT2D eigenvalue weighted by atomic mass is 10.1. The first-order chi connectivity index (χ1) is 11.5. The number of thioether (sulfide) groups is 1. The van der Waals surface area contributed by atoms with E-state index in [1.54, 1.807) is 17.0 Å². The van der Waals surface area contributed by atoms with E-state index < -0.39 is 6.04 Å². The van der Waals surface area contributed by atoms with Crippen LogP contribution in [0.1, 0.15) is 44.6 Å². The molecule has 0 saturated carbocycles. The lowest BCUT2D eigenvalue weighted by Crippen LogP contribution is -2.49. The van der Waals surface area contributed by atoms with Gasteiger partial charge in [0.25, 0.3) is 0 Å². The van der Waals surface area contributed by atoms with Gasteiger partial charge in [0.15, 0.2) is 0 Å². The van der Waals surface area contributed by atoms with Gasteiger partial charge in [-0.15, -0.1) is 11.8 Å². The van der Waals surface area contributed by atoms with Gasteiger partial charge in [-0.25, -0.2) is 0 Å². The first-order valence-corrected chi connectivity index (χ1v) is 9.53. The van der Waals surface area contributed by atoms with Gasteiger partial charge in [-0.1, -0.05) is 31.5 Å². The van der Waals surface area contributed by atoms with E-state index in [9.17, 15) is 14.7 Å². The average Bonchev–Trinajstić information content (AvgIpc) is 3.00. The highest BCUT2D eigenvalue weighted by atomic mass is 32.2. The summed E-state index contributed by atoms with van der Waals surface area (Å²) in [5, 5.41) is 9.80. The van der Waals surface area contributed by atoms with Gasteiger partial charge in [-0.3, -0.25) is 9.59 Å². The van der Waals surface area contributed by atoms with Crippen LogP contribution in [0.2, 0.25) is 0 Å². The van der Waals surface area contributed by atoms with Crippen LogP contribution in [-0.2, 0) is 9.59 Å². The van der Waals surface area contributed by atoms with Gasteiger partial charge in [0.2, 0.25) is 11.8 Å². The first kappa shape index (κ1) is 18.6. The van der Waals surface area contributed by atoms with Gasteiger partial charge < -0.3 is 14.9 Å². The maximum absolute atomic E-state index is 12.9. The lowest BCUT2D eigenvalue weighted by Gasteiger charge is -2.31. The minimum atomic E-state index is -0.464. The van der Waals surface area contributed by atoms with Crippen molar-refractivity contribution in [3.63, 3.8) is 0 Å². The molecule has 0 aliphatic carbocycles. The molecule has 5 nitrogen and oxygen atoms in total. The molecule has 1 heterocycles. The SMILES string of the molecule is CCCCN(CC)C(=O)C1CSC(c2ccccc2O)N1C(C)=O.